The molecule has 0 spiro atoms. The molecule has 0 saturated carbocycles. The number of hydrogen-bond donors (Lipinski definition) is 1. The van der Waals surface area contributed by atoms with Gasteiger partial charge < -0.3 is 5.32 Å². The molecule has 15 heavy (non-hydrogen) atoms. The van der Waals surface area contributed by atoms with Crippen LogP contribution in [-0.2, 0) is 0 Å². The van der Waals surface area contributed by atoms with Gasteiger partial charge in [0.15, 0.2) is 0 Å². The van der Waals surface area contributed by atoms with Crippen molar-refractivity contribution in [2.45, 2.75) is 19.8 Å². The molecule has 0 saturated heterocycles. The number of rotatable bonds is 4. The molecule has 1 aromatic rings. The summed E-state index contributed by atoms with van der Waals surface area (Å²) in [6, 6.07) is 7.81. The van der Waals surface area contributed by atoms with Gasteiger partial charge in [-0.2, -0.15) is 0 Å². The predicted molar refractivity (Wildman–Crippen MR) is 71.8 cm³/mol. The fourth-order valence-electron chi connectivity index (χ4n) is 1.28. The lowest BCUT2D eigenvalue weighted by atomic mass is 10.0. The smallest absolute Gasteiger partial charge is 0.251 e. The van der Waals surface area contributed by atoms with Crippen LogP contribution in [0.4, 0.5) is 0 Å². The van der Waals surface area contributed by atoms with E-state index in [0.29, 0.717) is 5.92 Å². The molecule has 0 aliphatic carbocycles. The molecular formula is C12H16INO. The Kier molecular flexibility index (Phi) is 5.08. The summed E-state index contributed by atoms with van der Waals surface area (Å²) in [7, 11) is 0. The normalized spacial score (nSPS) is 10.4. The fraction of sp³-hybridized carbons (Fsp3) is 0.417. The summed E-state index contributed by atoms with van der Waals surface area (Å²) in [6.45, 7) is 5.02. The number of nitrogens with one attached hydrogen (secondary N) is 1. The third kappa shape index (κ3) is 3.81. The van der Waals surface area contributed by atoms with Gasteiger partial charge in [-0.15, -0.1) is 0 Å². The zero-order valence-electron chi connectivity index (χ0n) is 9.09. The highest BCUT2D eigenvalue weighted by atomic mass is 127. The van der Waals surface area contributed by atoms with E-state index >= 15 is 0 Å². The first-order valence-electron chi connectivity index (χ1n) is 5.09. The Morgan fingerprint density at radius 2 is 1.93 bits per heavy atom. The molecule has 2 nitrogen and oxygen atoms in total. The van der Waals surface area contributed by atoms with Gasteiger partial charge in [-0.05, 0) is 23.6 Å². The quantitative estimate of drug-likeness (QED) is 0.671. The summed E-state index contributed by atoms with van der Waals surface area (Å²) in [5.74, 6) is 0.526. The number of halogens is 1. The fourth-order valence-corrected chi connectivity index (χ4v) is 1.55. The molecule has 0 heterocycles. The van der Waals surface area contributed by atoms with Crippen molar-refractivity contribution >= 4 is 28.5 Å². The number of amides is 1. The molecule has 0 bridgehead atoms. The average Bonchev–Trinajstić information content (AvgIpc) is 2.26. The van der Waals surface area contributed by atoms with Crippen molar-refractivity contribution in [3.05, 3.63) is 35.4 Å². The van der Waals surface area contributed by atoms with E-state index in [1.165, 1.54) is 5.56 Å². The summed E-state index contributed by atoms with van der Waals surface area (Å²) < 4.78 is 0.938. The maximum absolute atomic E-state index is 11.6. The zero-order chi connectivity index (χ0) is 11.3. The monoisotopic (exact) mass is 317 g/mol. The van der Waals surface area contributed by atoms with Crippen LogP contribution in [0.5, 0.6) is 0 Å². The molecule has 0 radical (unpaired) electrons. The Hall–Kier alpha value is -0.580. The largest absolute Gasteiger partial charge is 0.351 e. The second-order valence-corrected chi connectivity index (χ2v) is 4.80. The van der Waals surface area contributed by atoms with E-state index in [-0.39, 0.29) is 5.91 Å². The topological polar surface area (TPSA) is 29.1 Å². The zero-order valence-corrected chi connectivity index (χ0v) is 11.2. The first-order valence-corrected chi connectivity index (χ1v) is 6.62. The molecule has 0 atom stereocenters. The predicted octanol–water partition coefficient (Wildman–Crippen LogP) is 2.97. The van der Waals surface area contributed by atoms with Gasteiger partial charge in [0, 0.05) is 16.5 Å². The third-order valence-corrected chi connectivity index (χ3v) is 2.76. The van der Waals surface area contributed by atoms with Crippen LogP contribution in [0.25, 0.3) is 0 Å². The standard InChI is InChI=1S/C12H16INO/c1-9(2)10-3-5-11(6-4-10)12(15)14-8-7-13/h3-6,9H,7-8H2,1-2H3,(H,14,15). The molecule has 0 aromatic heterocycles. The second-order valence-electron chi connectivity index (χ2n) is 3.72. The van der Waals surface area contributed by atoms with E-state index in [1.54, 1.807) is 0 Å². The summed E-state index contributed by atoms with van der Waals surface area (Å²) in [5, 5.41) is 2.85. The molecule has 3 heteroatoms. The highest BCUT2D eigenvalue weighted by molar-refractivity contribution is 14.1. The highest BCUT2D eigenvalue weighted by Crippen LogP contribution is 2.14. The average molecular weight is 317 g/mol. The van der Waals surface area contributed by atoms with E-state index in [1.807, 2.05) is 24.3 Å². The molecule has 1 N–H and O–H groups in total. The van der Waals surface area contributed by atoms with Crippen LogP contribution in [0, 0.1) is 0 Å². The maximum Gasteiger partial charge on any atom is 0.251 e. The van der Waals surface area contributed by atoms with Crippen molar-refractivity contribution in [1.82, 2.24) is 5.32 Å². The molecular weight excluding hydrogens is 301 g/mol. The Morgan fingerprint density at radius 1 is 1.33 bits per heavy atom. The first kappa shape index (κ1) is 12.5. The Bertz CT molecular complexity index is 319. The summed E-state index contributed by atoms with van der Waals surface area (Å²) >= 11 is 2.24. The number of carbonyl (C=O) groups is 1. The minimum Gasteiger partial charge on any atom is -0.351 e. The number of carbonyl (C=O) groups excluding carboxylic acids is 1. The van der Waals surface area contributed by atoms with Gasteiger partial charge in [0.2, 0.25) is 0 Å². The Morgan fingerprint density at radius 3 is 2.40 bits per heavy atom. The van der Waals surface area contributed by atoms with Crippen LogP contribution in [0.15, 0.2) is 24.3 Å². The number of benzene rings is 1. The van der Waals surface area contributed by atoms with Crippen LogP contribution < -0.4 is 5.32 Å². The minimum absolute atomic E-state index is 0.0157. The molecule has 0 unspecified atom stereocenters. The van der Waals surface area contributed by atoms with Gasteiger partial charge in [-0.3, -0.25) is 4.79 Å². The van der Waals surface area contributed by atoms with Crippen molar-refractivity contribution in [2.24, 2.45) is 0 Å². The molecule has 0 aliphatic heterocycles. The van der Waals surface area contributed by atoms with Crippen molar-refractivity contribution < 1.29 is 4.79 Å². The minimum atomic E-state index is 0.0157. The molecule has 82 valence electrons. The van der Waals surface area contributed by atoms with Gasteiger partial charge in [0.05, 0.1) is 0 Å². The lowest BCUT2D eigenvalue weighted by Crippen LogP contribution is -2.25. The number of hydrogen-bond acceptors (Lipinski definition) is 1. The van der Waals surface area contributed by atoms with Gasteiger partial charge in [0.1, 0.15) is 0 Å². The van der Waals surface area contributed by atoms with Crippen LogP contribution in [0.1, 0.15) is 35.7 Å². The van der Waals surface area contributed by atoms with E-state index in [0.717, 1.165) is 16.5 Å². The summed E-state index contributed by atoms with van der Waals surface area (Å²) in [5.41, 5.74) is 2.00. The van der Waals surface area contributed by atoms with Crippen LogP contribution >= 0.6 is 22.6 Å². The Labute approximate surface area is 105 Å². The third-order valence-electron chi connectivity index (χ3n) is 2.22. The van der Waals surface area contributed by atoms with Gasteiger partial charge >= 0.3 is 0 Å². The lowest BCUT2D eigenvalue weighted by molar-refractivity contribution is 0.0956. The first-order chi connectivity index (χ1) is 7.15. The van der Waals surface area contributed by atoms with Gasteiger partial charge in [0.25, 0.3) is 5.91 Å². The van der Waals surface area contributed by atoms with Crippen LogP contribution in [-0.4, -0.2) is 16.9 Å². The van der Waals surface area contributed by atoms with E-state index in [9.17, 15) is 4.79 Å². The summed E-state index contributed by atoms with van der Waals surface area (Å²) in [6.07, 6.45) is 0. The van der Waals surface area contributed by atoms with Crippen molar-refractivity contribution in [3.63, 3.8) is 0 Å². The molecule has 0 fully saturated rings. The van der Waals surface area contributed by atoms with Crippen LogP contribution in [0.3, 0.4) is 0 Å². The molecule has 1 aromatic carbocycles. The van der Waals surface area contributed by atoms with E-state index in [4.69, 9.17) is 0 Å². The second kappa shape index (κ2) is 6.10. The SMILES string of the molecule is CC(C)c1ccc(C(=O)NCCI)cc1. The van der Waals surface area contributed by atoms with Crippen LogP contribution in [0.2, 0.25) is 0 Å². The van der Waals surface area contributed by atoms with Crippen molar-refractivity contribution in [3.8, 4) is 0 Å². The molecule has 0 aliphatic rings. The maximum atomic E-state index is 11.6. The van der Waals surface area contributed by atoms with Gasteiger partial charge in [-0.1, -0.05) is 48.6 Å². The van der Waals surface area contributed by atoms with Crippen molar-refractivity contribution in [1.29, 1.82) is 0 Å². The lowest BCUT2D eigenvalue weighted by Gasteiger charge is -2.07. The van der Waals surface area contributed by atoms with E-state index < -0.39 is 0 Å². The molecule has 1 rings (SSSR count). The van der Waals surface area contributed by atoms with Crippen molar-refractivity contribution in [2.75, 3.05) is 11.0 Å². The highest BCUT2D eigenvalue weighted by Gasteiger charge is 2.05. The van der Waals surface area contributed by atoms with Gasteiger partial charge in [-0.25, -0.2) is 0 Å². The molecule has 1 amide bonds. The van der Waals surface area contributed by atoms with E-state index in [2.05, 4.69) is 41.8 Å². The summed E-state index contributed by atoms with van der Waals surface area (Å²) in [4.78, 5) is 11.6. The number of alkyl halides is 1. The Balaban J connectivity index is 2.67.